The number of benzene rings is 1. The maximum Gasteiger partial charge on any atom is 0.156 e. The molecule has 2 heterocycles. The van der Waals surface area contributed by atoms with Gasteiger partial charge in [0.25, 0.3) is 0 Å². The predicted octanol–water partition coefficient (Wildman–Crippen LogP) is 7.43. The number of aryl methyl sites for hydroxylation is 4. The molecule has 0 radical (unpaired) electrons. The van der Waals surface area contributed by atoms with Crippen LogP contribution in [0.25, 0.3) is 10.4 Å². The van der Waals surface area contributed by atoms with Gasteiger partial charge in [-0.1, -0.05) is 28.4 Å². The van der Waals surface area contributed by atoms with E-state index in [0.717, 1.165) is 42.7 Å². The van der Waals surface area contributed by atoms with Crippen LogP contribution in [-0.4, -0.2) is 11.8 Å². The highest BCUT2D eigenvalue weighted by molar-refractivity contribution is 7.15. The first-order chi connectivity index (χ1) is 12.9. The van der Waals surface area contributed by atoms with Gasteiger partial charge in [0.1, 0.15) is 5.76 Å². The zero-order valence-electron chi connectivity index (χ0n) is 15.8. The Morgan fingerprint density at radius 2 is 1.74 bits per heavy atom. The molecule has 0 atom stereocenters. The van der Waals surface area contributed by atoms with Gasteiger partial charge in [0.2, 0.25) is 0 Å². The summed E-state index contributed by atoms with van der Waals surface area (Å²) < 4.78 is 11.1. The van der Waals surface area contributed by atoms with Gasteiger partial charge in [0, 0.05) is 22.2 Å². The van der Waals surface area contributed by atoms with E-state index in [-0.39, 0.29) is 0 Å². The van der Waals surface area contributed by atoms with Crippen molar-refractivity contribution < 1.29 is 9.26 Å². The van der Waals surface area contributed by atoms with E-state index in [2.05, 4.69) is 25.1 Å². The van der Waals surface area contributed by atoms with E-state index >= 15 is 0 Å². The second-order valence-corrected chi connectivity index (χ2v) is 8.78. The van der Waals surface area contributed by atoms with Crippen molar-refractivity contribution in [3.8, 4) is 16.2 Å². The van der Waals surface area contributed by atoms with Crippen LogP contribution in [0.3, 0.4) is 0 Å². The molecule has 0 aliphatic carbocycles. The maximum atomic E-state index is 6.43. The number of nitrogens with zero attached hydrogens (tertiary/aromatic N) is 1. The smallest absolute Gasteiger partial charge is 0.156 e. The van der Waals surface area contributed by atoms with Crippen LogP contribution in [-0.2, 0) is 6.42 Å². The van der Waals surface area contributed by atoms with Crippen molar-refractivity contribution in [2.75, 3.05) is 6.61 Å². The molecule has 3 rings (SSSR count). The Hall–Kier alpha value is -1.49. The average molecular weight is 424 g/mol. The lowest BCUT2D eigenvalue weighted by Crippen LogP contribution is -1.99. The van der Waals surface area contributed by atoms with Gasteiger partial charge in [-0.3, -0.25) is 0 Å². The minimum Gasteiger partial charge on any atom is -0.490 e. The van der Waals surface area contributed by atoms with Gasteiger partial charge in [-0.05, 0) is 69.4 Å². The lowest BCUT2D eigenvalue weighted by atomic mass is 10.1. The molecule has 0 amide bonds. The molecule has 0 fully saturated rings. The molecule has 0 saturated carbocycles. The van der Waals surface area contributed by atoms with Gasteiger partial charge in [-0.25, -0.2) is 0 Å². The monoisotopic (exact) mass is 423 g/mol. The molecule has 1 aromatic carbocycles. The van der Waals surface area contributed by atoms with Crippen molar-refractivity contribution >= 4 is 34.5 Å². The zero-order valence-corrected chi connectivity index (χ0v) is 18.1. The number of unbranched alkanes of at least 4 members (excludes halogenated alkanes) is 2. The van der Waals surface area contributed by atoms with E-state index in [4.69, 9.17) is 32.5 Å². The normalized spacial score (nSPS) is 11.1. The molecule has 0 aliphatic rings. The Bertz CT molecular complexity index is 874. The number of hydrogen-bond acceptors (Lipinski definition) is 4. The van der Waals surface area contributed by atoms with E-state index in [1.807, 2.05) is 25.1 Å². The third kappa shape index (κ3) is 5.28. The third-order valence-electron chi connectivity index (χ3n) is 4.44. The van der Waals surface area contributed by atoms with Crippen molar-refractivity contribution in [1.29, 1.82) is 0 Å². The van der Waals surface area contributed by atoms with Gasteiger partial charge < -0.3 is 9.26 Å². The summed E-state index contributed by atoms with van der Waals surface area (Å²) in [4.78, 5) is 2.47. The Labute approximate surface area is 174 Å². The Morgan fingerprint density at radius 1 is 1.00 bits per heavy atom. The first kappa shape index (κ1) is 20.2. The summed E-state index contributed by atoms with van der Waals surface area (Å²) in [5.41, 5.74) is 3.23. The first-order valence-electron chi connectivity index (χ1n) is 9.05. The Kier molecular flexibility index (Phi) is 6.85. The van der Waals surface area contributed by atoms with Crippen LogP contribution in [0.1, 0.15) is 41.2 Å². The quantitative estimate of drug-likeness (QED) is 0.353. The van der Waals surface area contributed by atoms with E-state index in [9.17, 15) is 0 Å². The number of rotatable bonds is 8. The van der Waals surface area contributed by atoms with Crippen LogP contribution in [0, 0.1) is 20.8 Å². The SMILES string of the molecule is Cc1cc(CCCCCOc2c(Cl)cc(-c3cc(C)c(C)s3)cc2Cl)on1. The molecule has 144 valence electrons. The fourth-order valence-electron chi connectivity index (χ4n) is 2.84. The summed E-state index contributed by atoms with van der Waals surface area (Å²) in [6, 6.07) is 8.01. The average Bonchev–Trinajstić information content (AvgIpc) is 3.18. The third-order valence-corrected chi connectivity index (χ3v) is 6.20. The van der Waals surface area contributed by atoms with Crippen LogP contribution >= 0.6 is 34.5 Å². The van der Waals surface area contributed by atoms with Crippen LogP contribution < -0.4 is 4.74 Å². The summed E-state index contributed by atoms with van der Waals surface area (Å²) in [6.45, 7) is 6.75. The van der Waals surface area contributed by atoms with Gasteiger partial charge in [0.15, 0.2) is 5.75 Å². The Balaban J connectivity index is 1.51. The van der Waals surface area contributed by atoms with Crippen LogP contribution in [0.2, 0.25) is 10.0 Å². The standard InChI is InChI=1S/C21H23Cl2NO2S/c1-13-9-20(27-15(13)3)16-11-18(22)21(19(23)12-16)25-8-6-4-5-7-17-10-14(2)24-26-17/h9-12H,4-8H2,1-3H3. The number of ether oxygens (including phenoxy) is 1. The second-order valence-electron chi connectivity index (χ2n) is 6.71. The second kappa shape index (κ2) is 9.13. The Morgan fingerprint density at radius 3 is 2.33 bits per heavy atom. The maximum absolute atomic E-state index is 6.43. The fourth-order valence-corrected chi connectivity index (χ4v) is 4.46. The first-order valence-corrected chi connectivity index (χ1v) is 10.6. The fraction of sp³-hybridized carbons (Fsp3) is 0.381. The van der Waals surface area contributed by atoms with E-state index in [1.165, 1.54) is 15.3 Å². The molecule has 6 heteroatoms. The molecule has 0 N–H and O–H groups in total. The van der Waals surface area contributed by atoms with Gasteiger partial charge in [0.05, 0.1) is 22.3 Å². The van der Waals surface area contributed by atoms with Crippen LogP contribution in [0.4, 0.5) is 0 Å². The molecule has 0 saturated heterocycles. The molecular formula is C21H23Cl2NO2S. The largest absolute Gasteiger partial charge is 0.490 e. The lowest BCUT2D eigenvalue weighted by Gasteiger charge is -2.11. The number of halogens is 2. The van der Waals surface area contributed by atoms with Crippen molar-refractivity contribution in [1.82, 2.24) is 5.16 Å². The zero-order chi connectivity index (χ0) is 19.4. The molecular weight excluding hydrogens is 401 g/mol. The summed E-state index contributed by atoms with van der Waals surface area (Å²) >= 11 is 14.6. The summed E-state index contributed by atoms with van der Waals surface area (Å²) in [7, 11) is 0. The summed E-state index contributed by atoms with van der Waals surface area (Å²) in [6.07, 6.45) is 3.91. The highest BCUT2D eigenvalue weighted by Crippen LogP contribution is 2.40. The van der Waals surface area contributed by atoms with Crippen molar-refractivity contribution in [3.05, 3.63) is 56.2 Å². The molecule has 0 bridgehead atoms. The van der Waals surface area contributed by atoms with Gasteiger partial charge in [-0.15, -0.1) is 11.3 Å². The minimum absolute atomic E-state index is 0.554. The van der Waals surface area contributed by atoms with E-state index in [1.54, 1.807) is 11.3 Å². The van der Waals surface area contributed by atoms with Gasteiger partial charge >= 0.3 is 0 Å². The van der Waals surface area contributed by atoms with Crippen molar-refractivity contribution in [2.45, 2.75) is 46.5 Å². The highest BCUT2D eigenvalue weighted by atomic mass is 35.5. The highest BCUT2D eigenvalue weighted by Gasteiger charge is 2.13. The van der Waals surface area contributed by atoms with Crippen molar-refractivity contribution in [2.24, 2.45) is 0 Å². The number of thiophene rings is 1. The summed E-state index contributed by atoms with van der Waals surface area (Å²) in [5, 5.41) is 5.01. The minimum atomic E-state index is 0.554. The van der Waals surface area contributed by atoms with Crippen LogP contribution in [0.5, 0.6) is 5.75 Å². The van der Waals surface area contributed by atoms with Crippen LogP contribution in [0.15, 0.2) is 28.8 Å². The molecule has 27 heavy (non-hydrogen) atoms. The van der Waals surface area contributed by atoms with Gasteiger partial charge in [-0.2, -0.15) is 0 Å². The topological polar surface area (TPSA) is 35.3 Å². The molecule has 3 aromatic rings. The molecule has 0 aliphatic heterocycles. The summed E-state index contributed by atoms with van der Waals surface area (Å²) in [5.74, 6) is 1.51. The molecule has 0 unspecified atom stereocenters. The number of aromatic nitrogens is 1. The molecule has 0 spiro atoms. The van der Waals surface area contributed by atoms with E-state index < -0.39 is 0 Å². The predicted molar refractivity (Wildman–Crippen MR) is 114 cm³/mol. The van der Waals surface area contributed by atoms with Crippen molar-refractivity contribution in [3.63, 3.8) is 0 Å². The van der Waals surface area contributed by atoms with E-state index in [0.29, 0.717) is 22.4 Å². The number of hydrogen-bond donors (Lipinski definition) is 0. The lowest BCUT2D eigenvalue weighted by molar-refractivity contribution is 0.304. The molecule has 2 aromatic heterocycles. The molecule has 3 nitrogen and oxygen atoms in total.